The number of oxazole rings is 1. The number of nitrogens with two attached hydrogens (primary N) is 1. The molecule has 113 heavy (non-hydrogen) atoms. The Balaban J connectivity index is -0.000000418. The van der Waals surface area contributed by atoms with Gasteiger partial charge in [0.05, 0.1) is 48.7 Å². The number of aliphatic hydroxyl groups is 5. The summed E-state index contributed by atoms with van der Waals surface area (Å²) in [5.41, 5.74) is 17.1. The minimum atomic E-state index is -4.30. The van der Waals surface area contributed by atoms with Crippen molar-refractivity contribution in [1.82, 2.24) is 13.9 Å². The van der Waals surface area contributed by atoms with Crippen LogP contribution in [0.1, 0.15) is 250 Å². The van der Waals surface area contributed by atoms with Gasteiger partial charge in [-0.1, -0.05) is 254 Å². The summed E-state index contributed by atoms with van der Waals surface area (Å²) in [7, 11) is -3.47. The second-order valence-corrected chi connectivity index (χ2v) is 29.0. The van der Waals surface area contributed by atoms with Crippen LogP contribution >= 0.6 is 34.1 Å². The van der Waals surface area contributed by atoms with E-state index in [-0.39, 0.29) is 130 Å². The number of rotatable bonds is 26. The topological polar surface area (TPSA) is 270 Å². The molecule has 0 spiro atoms. The molecule has 0 bridgehead atoms. The van der Waals surface area contributed by atoms with Crippen LogP contribution in [0.4, 0.5) is 9.52 Å². The summed E-state index contributed by atoms with van der Waals surface area (Å²) >= 11 is 3.01. The molecule has 1 saturated heterocycles. The molecule has 24 heteroatoms. The zero-order valence-electron chi connectivity index (χ0n) is 68.1. The van der Waals surface area contributed by atoms with E-state index < -0.39 is 32.5 Å². The zero-order valence-corrected chi connectivity index (χ0v) is 73.9. The molecule has 1 fully saturated rings. The average molecular weight is 1790 g/mol. The molecule has 7 aromatic carbocycles. The smallest absolute Gasteiger partial charge is 1.00 e. The molecule has 2 atom stereocenters. The van der Waals surface area contributed by atoms with Crippen molar-refractivity contribution in [2.45, 2.75) is 244 Å². The predicted molar refractivity (Wildman–Crippen MR) is 480 cm³/mol. The maximum absolute atomic E-state index is 14.9. The van der Waals surface area contributed by atoms with Gasteiger partial charge in [-0.05, 0) is 197 Å². The number of allylic oxidation sites excluding steroid dienone is 2. The third-order valence-corrected chi connectivity index (χ3v) is 20.3. The first-order valence-corrected chi connectivity index (χ1v) is 40.0. The Morgan fingerprint density at radius 1 is 0.664 bits per heavy atom. The molecule has 1 aliphatic rings. The van der Waals surface area contributed by atoms with Gasteiger partial charge in [0.15, 0.2) is 5.58 Å². The largest absolute Gasteiger partial charge is 2.00 e. The molecule has 2 aromatic heterocycles. The number of halogens is 3. The molecule has 0 radical (unpaired) electrons. The van der Waals surface area contributed by atoms with E-state index >= 15 is 0 Å². The van der Waals surface area contributed by atoms with Crippen LogP contribution in [0.2, 0.25) is 0 Å². The summed E-state index contributed by atoms with van der Waals surface area (Å²) in [6.45, 7) is 25.8. The molecular formula is C89H133BBrFIMgN5O12S2. The van der Waals surface area contributed by atoms with E-state index in [1.165, 1.54) is 59.7 Å². The molecule has 17 nitrogen and oxygen atoms in total. The number of hydrogen-bond acceptors (Lipinski definition) is 16. The Labute approximate surface area is 724 Å². The normalized spacial score (nSPS) is 12.3. The molecule has 0 amide bonds. The van der Waals surface area contributed by atoms with Crippen LogP contribution in [-0.2, 0) is 64.8 Å². The average Bonchev–Trinajstić information content (AvgIpc) is 1.59. The minimum absolute atomic E-state index is 0. The van der Waals surface area contributed by atoms with Crippen LogP contribution in [-0.4, -0.2) is 109 Å². The molecule has 0 unspecified atom stereocenters. The summed E-state index contributed by atoms with van der Waals surface area (Å²) in [4.78, 5) is 26.3. The quantitative estimate of drug-likeness (QED) is 0.0115. The van der Waals surface area contributed by atoms with Crippen LogP contribution in [0.5, 0.6) is 0 Å². The number of anilines is 1. The number of sulfonamides is 1. The minimum Gasteiger partial charge on any atom is -1.00 e. The van der Waals surface area contributed by atoms with E-state index in [1.54, 1.807) is 13.8 Å². The summed E-state index contributed by atoms with van der Waals surface area (Å²) in [5.74, 6) is 0.246. The SMILES string of the molecule is C.C.C.CC/C=C/B1OC(C)(C)C(C)(C)O1.CC/C=C/c1ccccc1CO.CCCCc1ccccc1C=O.CCCCc1ccccc1CO.CCCCc1ccccc1[C@H](C)O.CO.C[C@H](c1ccccc1CCCN)n1c(=O)oc2cc(S(=O)(=O)Nc3ncns3)c(F)cc21.OCc1ccccc1I.[2H]CC.[Br-].[CH3-].[Mg+2]. The summed E-state index contributed by atoms with van der Waals surface area (Å²) in [6, 6.07) is 48.8. The number of carbonyl (C=O) groups is 1. The van der Waals surface area contributed by atoms with Gasteiger partial charge in [-0.15, -0.1) is 0 Å². The number of fused-ring (bicyclic) bond motifs is 1. The van der Waals surface area contributed by atoms with Gasteiger partial charge in [0.2, 0.25) is 5.13 Å². The van der Waals surface area contributed by atoms with Crippen LogP contribution in [0.25, 0.3) is 17.2 Å². The van der Waals surface area contributed by atoms with Crippen molar-refractivity contribution >= 4 is 103 Å². The fourth-order valence-electron chi connectivity index (χ4n) is 10.6. The first-order chi connectivity index (χ1) is 51.9. The van der Waals surface area contributed by atoms with Gasteiger partial charge in [-0.25, -0.2) is 22.6 Å². The monoisotopic (exact) mass is 1790 g/mol. The van der Waals surface area contributed by atoms with Crippen molar-refractivity contribution in [3.8, 4) is 0 Å². The number of aromatic nitrogens is 3. The molecule has 0 aliphatic carbocycles. The number of hydrogen-bond donors (Lipinski definition) is 7. The number of aldehydes is 1. The molecule has 9 aromatic rings. The maximum Gasteiger partial charge on any atom is 2.00 e. The van der Waals surface area contributed by atoms with Crippen LogP contribution in [0, 0.1) is 16.8 Å². The van der Waals surface area contributed by atoms with Gasteiger partial charge in [0, 0.05) is 41.3 Å². The third-order valence-electron chi connectivity index (χ3n) is 17.1. The van der Waals surface area contributed by atoms with Gasteiger partial charge < -0.3 is 69.4 Å². The Bertz CT molecular complexity index is 4200. The number of nitrogens with one attached hydrogen (secondary N) is 1. The Hall–Kier alpha value is -6.08. The van der Waals surface area contributed by atoms with Crippen molar-refractivity contribution in [3.05, 3.63) is 271 Å². The van der Waals surface area contributed by atoms with Gasteiger partial charge in [0.1, 0.15) is 23.3 Å². The van der Waals surface area contributed by atoms with E-state index in [4.69, 9.17) is 41.3 Å². The Kier molecular flexibility index (Phi) is 65.2. The first kappa shape index (κ1) is 113. The van der Waals surface area contributed by atoms with Crippen molar-refractivity contribution in [2.24, 2.45) is 5.73 Å². The van der Waals surface area contributed by atoms with E-state index in [2.05, 4.69) is 123 Å². The number of nitrogens with zero attached hydrogens (tertiary/aromatic N) is 3. The second kappa shape index (κ2) is 65.0. The van der Waals surface area contributed by atoms with E-state index in [9.17, 15) is 27.5 Å². The van der Waals surface area contributed by atoms with Crippen molar-refractivity contribution in [2.75, 3.05) is 18.4 Å². The molecule has 1 aliphatic heterocycles. The summed E-state index contributed by atoms with van der Waals surface area (Å²) < 4.78 is 71.4. The molecule has 10 rings (SSSR count). The van der Waals surface area contributed by atoms with Gasteiger partial charge in [0.25, 0.3) is 10.0 Å². The fraction of sp³-hybridized carbons (Fsp3) is 0.427. The Morgan fingerprint density at radius 2 is 1.10 bits per heavy atom. The van der Waals surface area contributed by atoms with Gasteiger partial charge >= 0.3 is 35.9 Å². The summed E-state index contributed by atoms with van der Waals surface area (Å²) in [6.07, 6.45) is 21.9. The third kappa shape index (κ3) is 40.1. The molecular weight excluding hydrogens is 1660 g/mol. The zero-order chi connectivity index (χ0) is 80.5. The number of benzene rings is 7. The molecule has 0 saturated carbocycles. The standard InChI is InChI=1S/C20H20FN5O4S2.C12H18O.C11H16O.2C11H14O.C10H19BO2.C7H7IO.C2H6.CH4O.3CH4.CH3.BrH.Mg/c1-12(14-7-3-2-5-13(14)6-4-8-22)26-16-9-15(21)18(10-17(16)30-20(26)27)32(28,29)25-19-23-11-24-31-19;1-3-4-7-11-8-5-6-9-12(11)10(2)13;3*1-2-3-6-10-7-4-5-8-11(10)9-12;1-6-7-8-11-12-9(2,3)10(4,5)13-11;8-7-4-2-1-3-6(7)5-9;2*1-2;;;;;;/h2-3,5,7,9-12H,4,6,8,22H2,1H3,(H,23,24,25);5-6,8-10,13H,3-4,7H2,1-2H3;4-5,7-8,12H,2-3,6,9H2,1H3;4-5,7-9H,2-3,6H2,1H3;3-8,12H,2,9H2,1H3;7-8H,6H2,1-5H3;1-4,9H,5H2;1-2H3;2H,1H3;3*1H4;1H3;1H;/q;;;;;;;;;;;;-1;;+2/p-1/b;;;;6-3+;8-7+;;;;;;;;;/t12-;10-;;;;;;;;;;;;;/m10............./s1/i;;;;;;;1D;;;;;;;. The summed E-state index contributed by atoms with van der Waals surface area (Å²) in [5, 5.41) is 43.2. The van der Waals surface area contributed by atoms with Gasteiger partial charge in [-0.2, -0.15) is 4.37 Å². The Morgan fingerprint density at radius 3 is 1.57 bits per heavy atom. The van der Waals surface area contributed by atoms with Crippen molar-refractivity contribution < 1.29 is 75.2 Å². The molecule has 624 valence electrons. The first-order valence-electron chi connectivity index (χ1n) is 37.4. The van der Waals surface area contributed by atoms with Crippen LogP contribution < -0.4 is 33.2 Å². The van der Waals surface area contributed by atoms with Crippen molar-refractivity contribution in [1.29, 1.82) is 0 Å². The van der Waals surface area contributed by atoms with E-state index in [1.807, 2.05) is 152 Å². The number of aryl methyl sites for hydroxylation is 4. The second-order valence-electron chi connectivity index (χ2n) is 25.4. The predicted octanol–water partition coefficient (Wildman–Crippen LogP) is 17.9. The van der Waals surface area contributed by atoms with Crippen LogP contribution in [0.15, 0.2) is 196 Å². The van der Waals surface area contributed by atoms with Crippen molar-refractivity contribution in [3.63, 3.8) is 0 Å². The fourth-order valence-corrected chi connectivity index (χ4v) is 12.9. The molecule has 8 N–H and O–H groups in total. The number of carbonyl (C=O) groups excluding carboxylic acids is 1. The number of aliphatic hydroxyl groups excluding tert-OH is 5. The maximum atomic E-state index is 14.9. The number of unbranched alkanes of at least 4 members (excludes halogenated alkanes) is 3. The van der Waals surface area contributed by atoms with Crippen LogP contribution in [0.3, 0.4) is 0 Å². The van der Waals surface area contributed by atoms with Gasteiger partial charge in [-0.3, -0.25) is 14.1 Å². The molecule has 3 heterocycles. The van der Waals surface area contributed by atoms with E-state index in [0.29, 0.717) is 13.4 Å². The van der Waals surface area contributed by atoms with E-state index in [0.717, 1.165) is 137 Å².